The van der Waals surface area contributed by atoms with Crippen molar-refractivity contribution in [2.24, 2.45) is 5.92 Å². The smallest absolute Gasteiger partial charge is 0.308 e. The summed E-state index contributed by atoms with van der Waals surface area (Å²) >= 11 is 6.57. The highest BCUT2D eigenvalue weighted by atomic mass is 32.2. The second-order valence-corrected chi connectivity index (χ2v) is 10.6. The molecule has 0 aromatic carbocycles. The lowest BCUT2D eigenvalue weighted by Crippen LogP contribution is -2.57. The Balaban J connectivity index is 1.83. The zero-order valence-corrected chi connectivity index (χ0v) is 21.9. The summed E-state index contributed by atoms with van der Waals surface area (Å²) in [5.41, 5.74) is 0.125. The summed E-state index contributed by atoms with van der Waals surface area (Å²) in [6, 6.07) is 4.22. The van der Waals surface area contributed by atoms with Gasteiger partial charge in [0.25, 0.3) is 11.5 Å². The number of amides is 2. The topological polar surface area (TPSA) is 113 Å². The number of nitrogens with one attached hydrogen (secondary N) is 1. The normalized spacial score (nSPS) is 19.5. The van der Waals surface area contributed by atoms with Crippen LogP contribution < -0.4 is 15.8 Å². The molecule has 1 N–H and O–H groups in total. The predicted molar refractivity (Wildman–Crippen MR) is 142 cm³/mol. The summed E-state index contributed by atoms with van der Waals surface area (Å²) in [5.74, 6) is -0.574. The summed E-state index contributed by atoms with van der Waals surface area (Å²) in [6.45, 7) is 5.26. The van der Waals surface area contributed by atoms with E-state index in [1.165, 1.54) is 17.6 Å². The molecule has 1 atom stereocenters. The monoisotopic (exact) mass is 529 g/mol. The minimum atomic E-state index is -0.919. The molecule has 36 heavy (non-hydrogen) atoms. The molecule has 2 saturated heterocycles. The van der Waals surface area contributed by atoms with Gasteiger partial charge in [0.2, 0.25) is 5.91 Å². The van der Waals surface area contributed by atoms with Crippen LogP contribution in [0.2, 0.25) is 0 Å². The standard InChI is InChI=1S/C24H27N5O5S2/c1-14(2)7-10-29-23(33)17(36-24(29)35)12-15-20(26-18-6-4-5-9-28(18)22(15)32)27-11-8-25-21(31)16(27)13-19(30)34-3/h4-6,9,12,14,16H,7-8,10-11,13H2,1-3H3,(H,25,31)/b17-12-/t16-/m0/s1. The van der Waals surface area contributed by atoms with Crippen molar-refractivity contribution in [1.29, 1.82) is 0 Å². The van der Waals surface area contributed by atoms with Gasteiger partial charge in [-0.1, -0.05) is 43.9 Å². The van der Waals surface area contributed by atoms with Gasteiger partial charge in [-0.3, -0.25) is 28.5 Å². The van der Waals surface area contributed by atoms with E-state index < -0.39 is 17.6 Å². The number of anilines is 1. The Kier molecular flexibility index (Phi) is 7.74. The van der Waals surface area contributed by atoms with Crippen LogP contribution in [0, 0.1) is 5.92 Å². The van der Waals surface area contributed by atoms with Gasteiger partial charge >= 0.3 is 5.97 Å². The van der Waals surface area contributed by atoms with Gasteiger partial charge in [-0.15, -0.1) is 0 Å². The summed E-state index contributed by atoms with van der Waals surface area (Å²) in [7, 11) is 1.25. The Morgan fingerprint density at radius 2 is 2.11 bits per heavy atom. The van der Waals surface area contributed by atoms with Crippen molar-refractivity contribution >= 4 is 63.6 Å². The largest absolute Gasteiger partial charge is 0.469 e. The molecule has 0 aliphatic carbocycles. The Bertz CT molecular complexity index is 1320. The predicted octanol–water partition coefficient (Wildman–Crippen LogP) is 1.81. The van der Waals surface area contributed by atoms with Crippen molar-refractivity contribution in [3.05, 3.63) is 45.2 Å². The highest BCUT2D eigenvalue weighted by Gasteiger charge is 2.36. The number of aromatic nitrogens is 2. The Morgan fingerprint density at radius 3 is 2.83 bits per heavy atom. The van der Waals surface area contributed by atoms with Gasteiger partial charge in [-0.2, -0.15) is 0 Å². The first-order chi connectivity index (χ1) is 17.2. The van der Waals surface area contributed by atoms with E-state index in [9.17, 15) is 19.2 Å². The quantitative estimate of drug-likeness (QED) is 0.326. The Morgan fingerprint density at radius 1 is 1.33 bits per heavy atom. The molecule has 0 saturated carbocycles. The number of rotatable bonds is 7. The van der Waals surface area contributed by atoms with Crippen molar-refractivity contribution in [2.75, 3.05) is 31.6 Å². The van der Waals surface area contributed by atoms with Crippen LogP contribution >= 0.6 is 24.0 Å². The summed E-state index contributed by atoms with van der Waals surface area (Å²) in [5, 5.41) is 2.75. The second kappa shape index (κ2) is 10.8. The molecule has 12 heteroatoms. The summed E-state index contributed by atoms with van der Waals surface area (Å²) < 4.78 is 6.60. The van der Waals surface area contributed by atoms with Crippen LogP contribution in [0.5, 0.6) is 0 Å². The molecule has 0 spiro atoms. The number of piperazine rings is 1. The number of nitrogens with zero attached hydrogens (tertiary/aromatic N) is 4. The number of fused-ring (bicyclic) bond motifs is 1. The van der Waals surface area contributed by atoms with Gasteiger partial charge in [0.05, 0.1) is 24.0 Å². The third kappa shape index (κ3) is 5.14. The number of esters is 1. The molecule has 2 aromatic heterocycles. The number of thiocarbonyl (C=S) groups is 1. The van der Waals surface area contributed by atoms with Gasteiger partial charge in [-0.05, 0) is 30.5 Å². The van der Waals surface area contributed by atoms with Crippen LogP contribution in [0.15, 0.2) is 34.1 Å². The maximum absolute atomic E-state index is 13.6. The average Bonchev–Trinajstić information content (AvgIpc) is 3.12. The molecule has 0 radical (unpaired) electrons. The minimum absolute atomic E-state index is 0.146. The van der Waals surface area contributed by atoms with E-state index in [2.05, 4.69) is 24.1 Å². The van der Waals surface area contributed by atoms with E-state index in [1.54, 1.807) is 34.2 Å². The maximum Gasteiger partial charge on any atom is 0.308 e. The molecule has 2 aliphatic rings. The number of ether oxygens (including phenoxy) is 1. The maximum atomic E-state index is 13.6. The van der Waals surface area contributed by atoms with E-state index >= 15 is 0 Å². The summed E-state index contributed by atoms with van der Waals surface area (Å²) in [4.78, 5) is 59.8. The van der Waals surface area contributed by atoms with Gasteiger partial charge in [0.15, 0.2) is 0 Å². The van der Waals surface area contributed by atoms with E-state index in [0.29, 0.717) is 40.4 Å². The molecule has 2 aliphatic heterocycles. The lowest BCUT2D eigenvalue weighted by molar-refractivity contribution is -0.143. The molecule has 4 heterocycles. The molecule has 0 bridgehead atoms. The van der Waals surface area contributed by atoms with Crippen LogP contribution in [0.1, 0.15) is 32.3 Å². The van der Waals surface area contributed by atoms with Crippen LogP contribution in [-0.4, -0.2) is 69.2 Å². The lowest BCUT2D eigenvalue weighted by Gasteiger charge is -2.36. The lowest BCUT2D eigenvalue weighted by atomic mass is 10.1. The molecule has 2 amide bonds. The third-order valence-corrected chi connectivity index (χ3v) is 7.40. The molecule has 0 unspecified atom stereocenters. The zero-order chi connectivity index (χ0) is 26.0. The number of carbonyl (C=O) groups is 3. The first kappa shape index (κ1) is 25.8. The van der Waals surface area contributed by atoms with Crippen molar-refractivity contribution in [2.45, 2.75) is 32.7 Å². The molecule has 2 aromatic rings. The number of hydrogen-bond acceptors (Lipinski definition) is 9. The van der Waals surface area contributed by atoms with Crippen LogP contribution in [0.3, 0.4) is 0 Å². The van der Waals surface area contributed by atoms with E-state index in [-0.39, 0.29) is 29.6 Å². The molecule has 10 nitrogen and oxygen atoms in total. The van der Waals surface area contributed by atoms with Crippen LogP contribution in [0.25, 0.3) is 11.7 Å². The van der Waals surface area contributed by atoms with Gasteiger partial charge in [-0.25, -0.2) is 4.98 Å². The highest BCUT2D eigenvalue weighted by Crippen LogP contribution is 2.34. The van der Waals surface area contributed by atoms with Crippen molar-refractivity contribution in [3.63, 3.8) is 0 Å². The van der Waals surface area contributed by atoms with Crippen molar-refractivity contribution in [1.82, 2.24) is 19.6 Å². The molecule has 190 valence electrons. The fraction of sp³-hybridized carbons (Fsp3) is 0.417. The van der Waals surface area contributed by atoms with Crippen molar-refractivity contribution in [3.8, 4) is 0 Å². The minimum Gasteiger partial charge on any atom is -0.469 e. The molecule has 4 rings (SSSR count). The number of thioether (sulfide) groups is 1. The number of pyridine rings is 1. The van der Waals surface area contributed by atoms with E-state index in [0.717, 1.165) is 18.2 Å². The van der Waals surface area contributed by atoms with Crippen LogP contribution in [-0.2, 0) is 19.1 Å². The second-order valence-electron chi connectivity index (χ2n) is 8.88. The average molecular weight is 530 g/mol. The highest BCUT2D eigenvalue weighted by molar-refractivity contribution is 8.26. The van der Waals surface area contributed by atoms with Gasteiger partial charge in [0.1, 0.15) is 21.8 Å². The van der Waals surface area contributed by atoms with E-state index in [4.69, 9.17) is 17.0 Å². The SMILES string of the molecule is COC(=O)C[C@H]1C(=O)NCCN1c1nc2ccccn2c(=O)c1/C=C1\SC(=S)N(CCC(C)C)C1=O. The van der Waals surface area contributed by atoms with Crippen molar-refractivity contribution < 1.29 is 19.1 Å². The molecular formula is C24H27N5O5S2. The van der Waals surface area contributed by atoms with E-state index in [1.807, 2.05) is 0 Å². The van der Waals surface area contributed by atoms with Gasteiger partial charge < -0.3 is 15.0 Å². The Labute approximate surface area is 217 Å². The van der Waals surface area contributed by atoms with Gasteiger partial charge in [0, 0.05) is 25.8 Å². The third-order valence-electron chi connectivity index (χ3n) is 6.02. The first-order valence-electron chi connectivity index (χ1n) is 11.6. The zero-order valence-electron chi connectivity index (χ0n) is 20.2. The number of carbonyl (C=O) groups excluding carboxylic acids is 3. The molecule has 2 fully saturated rings. The molecular weight excluding hydrogens is 502 g/mol. The Hall–Kier alpha value is -3.25. The first-order valence-corrected chi connectivity index (χ1v) is 12.8. The number of hydrogen-bond donors (Lipinski definition) is 1. The fourth-order valence-electron chi connectivity index (χ4n) is 4.06. The summed E-state index contributed by atoms with van der Waals surface area (Å²) in [6.07, 6.45) is 3.67. The number of methoxy groups -OCH3 is 1. The fourth-order valence-corrected chi connectivity index (χ4v) is 5.35. The van der Waals surface area contributed by atoms with Crippen LogP contribution in [0.4, 0.5) is 5.82 Å².